The molecule has 0 saturated heterocycles. The smallest absolute Gasteiger partial charge is 0.287 e. The van der Waals surface area contributed by atoms with Crippen molar-refractivity contribution in [3.05, 3.63) is 139 Å². The highest BCUT2D eigenvalue weighted by Crippen LogP contribution is 2.35. The molecule has 6 rings (SSSR count). The highest BCUT2D eigenvalue weighted by Gasteiger charge is 2.33. The van der Waals surface area contributed by atoms with E-state index in [9.17, 15) is 32.8 Å². The van der Waals surface area contributed by atoms with Gasteiger partial charge in [0.1, 0.15) is 17.1 Å². The van der Waals surface area contributed by atoms with Crippen molar-refractivity contribution < 1.29 is 8.78 Å². The van der Waals surface area contributed by atoms with E-state index in [2.05, 4.69) is 109 Å². The topological polar surface area (TPSA) is 174 Å². The van der Waals surface area contributed by atoms with Gasteiger partial charge in [0, 0.05) is 75.9 Å². The summed E-state index contributed by atoms with van der Waals surface area (Å²) in [6.45, 7) is 58.9. The Kier molecular flexibility index (Phi) is 22.5. The number of hydrogen-bond acceptors (Lipinski definition) is 10. The number of aromatic nitrogens is 10. The summed E-state index contributed by atoms with van der Waals surface area (Å²) in [6, 6.07) is 4.21. The Morgan fingerprint density at radius 1 is 0.434 bits per heavy atom. The molecule has 1 aliphatic rings. The van der Waals surface area contributed by atoms with Crippen LogP contribution >= 0.6 is 0 Å². The molecule has 0 bridgehead atoms. The van der Waals surface area contributed by atoms with Crippen molar-refractivity contribution in [1.29, 1.82) is 0 Å². The SMILES string of the molecule is CC(C)(C)c1ccnn(C(C)(C)C)c1=O.CC(C)(C)c1cn(C(F)F)nc(C(C)(C)C)c1=O.CC(C)(C)c1cn(C2CC2)nc(C(C)(C)C)c1=O.Cc1cc(C(C)(C)C)c(=O)n(C(C)(C)C)n1.Cn1cc(C(C)(C)C)c(=O)c(C(C)(C)C)n1. The molecule has 15 nitrogen and oxygen atoms in total. The maximum Gasteiger partial charge on any atom is 0.333 e. The van der Waals surface area contributed by atoms with E-state index >= 15 is 0 Å². The molecule has 1 fully saturated rings. The van der Waals surface area contributed by atoms with Crippen LogP contribution < -0.4 is 27.4 Å². The van der Waals surface area contributed by atoms with Crippen molar-refractivity contribution in [3.8, 4) is 0 Å². The molecule has 1 saturated carbocycles. The van der Waals surface area contributed by atoms with Crippen molar-refractivity contribution in [2.45, 2.75) is 294 Å². The molecular formula is C66H108F2N10O5. The Balaban J connectivity index is 0.000000355. The van der Waals surface area contributed by atoms with Crippen LogP contribution in [0.3, 0.4) is 0 Å². The van der Waals surface area contributed by atoms with Crippen LogP contribution in [0.25, 0.3) is 0 Å². The summed E-state index contributed by atoms with van der Waals surface area (Å²) in [5.74, 6) is 0. The van der Waals surface area contributed by atoms with Gasteiger partial charge in [-0.3, -0.25) is 33.3 Å². The predicted octanol–water partition coefficient (Wildman–Crippen LogP) is 13.7. The van der Waals surface area contributed by atoms with Crippen molar-refractivity contribution >= 4 is 0 Å². The summed E-state index contributed by atoms with van der Waals surface area (Å²) in [5, 5.41) is 21.1. The number of aryl methyl sites for hydroxylation is 2. The zero-order chi connectivity index (χ0) is 65.3. The largest absolute Gasteiger partial charge is 0.333 e. The molecule has 0 spiro atoms. The van der Waals surface area contributed by atoms with Gasteiger partial charge in [-0.15, -0.1) is 0 Å². The van der Waals surface area contributed by atoms with E-state index in [1.165, 1.54) is 12.8 Å². The lowest BCUT2D eigenvalue weighted by Gasteiger charge is -2.25. The van der Waals surface area contributed by atoms with E-state index in [0.29, 0.717) is 27.7 Å². The summed E-state index contributed by atoms with van der Waals surface area (Å²) in [6.07, 6.45) is 9.02. The maximum atomic E-state index is 12.8. The minimum absolute atomic E-state index is 0.0116. The minimum atomic E-state index is -2.74. The average molecular weight is 1160 g/mol. The quantitative estimate of drug-likeness (QED) is 0.165. The highest BCUT2D eigenvalue weighted by atomic mass is 19.3. The molecule has 0 unspecified atom stereocenters. The summed E-state index contributed by atoms with van der Waals surface area (Å²) in [5.41, 5.74) is 3.56. The van der Waals surface area contributed by atoms with Crippen molar-refractivity contribution in [2.75, 3.05) is 0 Å². The summed E-state index contributed by atoms with van der Waals surface area (Å²) in [4.78, 5) is 61.7. The van der Waals surface area contributed by atoms with Crippen LogP contribution in [0.5, 0.6) is 0 Å². The second-order valence-corrected chi connectivity index (χ2v) is 32.5. The van der Waals surface area contributed by atoms with Gasteiger partial charge >= 0.3 is 6.55 Å². The molecule has 83 heavy (non-hydrogen) atoms. The molecule has 5 aromatic heterocycles. The Morgan fingerprint density at radius 2 is 0.783 bits per heavy atom. The van der Waals surface area contributed by atoms with E-state index in [4.69, 9.17) is 0 Å². The van der Waals surface area contributed by atoms with Crippen LogP contribution in [0.1, 0.15) is 284 Å². The monoisotopic (exact) mass is 1160 g/mol. The normalized spacial score (nSPS) is 13.9. The van der Waals surface area contributed by atoms with E-state index in [1.807, 2.05) is 147 Å². The maximum absolute atomic E-state index is 12.8. The molecule has 5 heterocycles. The molecule has 1 aliphatic carbocycles. The van der Waals surface area contributed by atoms with Gasteiger partial charge in [0.2, 0.25) is 16.3 Å². The van der Waals surface area contributed by atoms with Gasteiger partial charge < -0.3 is 0 Å². The second-order valence-electron chi connectivity index (χ2n) is 32.5. The fourth-order valence-electron chi connectivity index (χ4n) is 8.39. The first kappa shape index (κ1) is 73.4. The van der Waals surface area contributed by atoms with Gasteiger partial charge in [-0.25, -0.2) is 14.0 Å². The molecule has 0 N–H and O–H groups in total. The number of rotatable bonds is 2. The molecule has 0 amide bonds. The summed E-state index contributed by atoms with van der Waals surface area (Å²) in [7, 11) is 1.86. The first-order valence-electron chi connectivity index (χ1n) is 29.1. The van der Waals surface area contributed by atoms with Crippen molar-refractivity contribution in [1.82, 2.24) is 48.9 Å². The number of hydrogen-bond donors (Lipinski definition) is 0. The van der Waals surface area contributed by atoms with E-state index in [1.54, 1.807) is 41.0 Å². The van der Waals surface area contributed by atoms with E-state index < -0.39 is 17.4 Å². The van der Waals surface area contributed by atoms with Crippen molar-refractivity contribution in [2.24, 2.45) is 7.05 Å². The lowest BCUT2D eigenvalue weighted by Crippen LogP contribution is -2.40. The molecule has 17 heteroatoms. The van der Waals surface area contributed by atoms with Gasteiger partial charge in [0.05, 0.1) is 22.8 Å². The Hall–Kier alpha value is -5.74. The summed E-state index contributed by atoms with van der Waals surface area (Å²) >= 11 is 0. The lowest BCUT2D eigenvalue weighted by atomic mass is 9.84. The highest BCUT2D eigenvalue weighted by molar-refractivity contribution is 5.28. The van der Waals surface area contributed by atoms with E-state index in [-0.39, 0.29) is 76.7 Å². The zero-order valence-electron chi connectivity index (χ0n) is 57.3. The first-order valence-corrected chi connectivity index (χ1v) is 29.1. The van der Waals surface area contributed by atoms with Gasteiger partial charge in [-0.1, -0.05) is 166 Å². The molecule has 0 aliphatic heterocycles. The van der Waals surface area contributed by atoms with Crippen LogP contribution in [0.2, 0.25) is 0 Å². The Labute approximate surface area is 496 Å². The third-order valence-corrected chi connectivity index (χ3v) is 13.3. The lowest BCUT2D eigenvalue weighted by molar-refractivity contribution is 0.0527. The molecule has 5 aromatic rings. The molecular weight excluding hydrogens is 1050 g/mol. The third kappa shape index (κ3) is 20.5. The van der Waals surface area contributed by atoms with Gasteiger partial charge in [-0.2, -0.15) is 34.3 Å². The fraction of sp³-hybridized carbons (Fsp3) is 0.697. The van der Waals surface area contributed by atoms with Crippen LogP contribution in [-0.2, 0) is 61.4 Å². The van der Waals surface area contributed by atoms with Crippen LogP contribution in [-0.4, -0.2) is 48.9 Å². The molecule has 0 radical (unpaired) electrons. The third-order valence-electron chi connectivity index (χ3n) is 13.3. The molecule has 466 valence electrons. The Bertz CT molecular complexity index is 2980. The molecule has 0 atom stereocenters. The molecule has 0 aromatic carbocycles. The first-order chi connectivity index (χ1) is 36.7. The van der Waals surface area contributed by atoms with Crippen LogP contribution in [0.4, 0.5) is 8.78 Å². The van der Waals surface area contributed by atoms with Gasteiger partial charge in [-0.05, 0) is 101 Å². The predicted molar refractivity (Wildman–Crippen MR) is 337 cm³/mol. The second kappa shape index (κ2) is 25.5. The van der Waals surface area contributed by atoms with Crippen LogP contribution in [0.15, 0.2) is 60.9 Å². The van der Waals surface area contributed by atoms with Gasteiger partial charge in [0.25, 0.3) is 11.1 Å². The number of alkyl halides is 2. The van der Waals surface area contributed by atoms with Gasteiger partial charge in [0.15, 0.2) is 0 Å². The zero-order valence-corrected chi connectivity index (χ0v) is 57.3. The van der Waals surface area contributed by atoms with Crippen LogP contribution in [0, 0.1) is 6.92 Å². The Morgan fingerprint density at radius 3 is 1.13 bits per heavy atom. The minimum Gasteiger partial charge on any atom is -0.287 e. The van der Waals surface area contributed by atoms with E-state index in [0.717, 1.165) is 34.1 Å². The average Bonchev–Trinajstić information content (AvgIpc) is 4.11. The standard InChI is InChI=1S/C15H24N2O.C13H20F2N2O.2C13H22N2O.C12H20N2O/c1-14(2,3)11-9-17(10-7-8-10)16-13(12(11)18)15(4,5)6;1-12(2,3)8-7-17(11(14)15)16-10(9(8)18)13(4,5)6;1-12(2,3)9-8-15(7)14-11(10(9)16)13(4,5)6;1-9-8-10(12(2,3)4)11(16)15(14-9)13(5,6)7;1-11(2,3)9-7-8-13-14(10(9)15)12(4,5)6/h9-10H,7-8H2,1-6H3;7,11H,1-6H3;2*8H,1-7H3;7-8H,1-6H3. The fourth-order valence-corrected chi connectivity index (χ4v) is 8.39. The number of nitrogens with zero attached hydrogens (tertiary/aromatic N) is 10. The van der Waals surface area contributed by atoms with Crippen molar-refractivity contribution in [3.63, 3.8) is 0 Å². The summed E-state index contributed by atoms with van der Waals surface area (Å²) < 4.78 is 33.1. The number of halogens is 2.